The maximum absolute atomic E-state index is 11.3. The van der Waals surface area contributed by atoms with Crippen molar-refractivity contribution in [1.29, 1.82) is 0 Å². The summed E-state index contributed by atoms with van der Waals surface area (Å²) in [5.74, 6) is 0.214. The summed E-state index contributed by atoms with van der Waals surface area (Å²) in [5.41, 5.74) is -0.563. The predicted molar refractivity (Wildman–Crippen MR) is 74.7 cm³/mol. The molecule has 1 aliphatic carbocycles. The molecule has 3 nitrogen and oxygen atoms in total. The van der Waals surface area contributed by atoms with E-state index in [0.29, 0.717) is 19.4 Å². The molecular weight excluding hydrogens is 226 g/mol. The Balaban J connectivity index is 2.24. The Morgan fingerprint density at radius 1 is 1.22 bits per heavy atom. The normalized spacial score (nSPS) is 17.9. The topological polar surface area (TPSA) is 49.3 Å². The Kier molecular flexibility index (Phi) is 6.69. The molecule has 0 atom stereocenters. The number of carbonyl (C=O) groups is 1. The van der Waals surface area contributed by atoms with Crippen molar-refractivity contribution < 1.29 is 9.90 Å². The number of hydrogen-bond donors (Lipinski definition) is 2. The molecule has 2 N–H and O–H groups in total. The van der Waals surface area contributed by atoms with Gasteiger partial charge in [0.25, 0.3) is 0 Å². The molecule has 1 rings (SSSR count). The van der Waals surface area contributed by atoms with Gasteiger partial charge in [-0.3, -0.25) is 4.79 Å². The van der Waals surface area contributed by atoms with Gasteiger partial charge in [-0.1, -0.05) is 46.0 Å². The standard InChI is InChI=1S/C15H29NO2/c1-3-15(4-2,14(17)18)12-16-11-10-13-8-6-5-7-9-13/h13,16H,3-12H2,1-2H3,(H,17,18). The molecule has 3 heteroatoms. The lowest BCUT2D eigenvalue weighted by Crippen LogP contribution is -2.40. The van der Waals surface area contributed by atoms with Crippen LogP contribution in [0.5, 0.6) is 0 Å². The summed E-state index contributed by atoms with van der Waals surface area (Å²) < 4.78 is 0. The monoisotopic (exact) mass is 255 g/mol. The highest BCUT2D eigenvalue weighted by molar-refractivity contribution is 5.74. The van der Waals surface area contributed by atoms with Gasteiger partial charge in [-0.15, -0.1) is 0 Å². The van der Waals surface area contributed by atoms with Crippen molar-refractivity contribution in [2.75, 3.05) is 13.1 Å². The van der Waals surface area contributed by atoms with Crippen molar-refractivity contribution in [3.63, 3.8) is 0 Å². The van der Waals surface area contributed by atoms with Crippen molar-refractivity contribution in [3.8, 4) is 0 Å². The lowest BCUT2D eigenvalue weighted by Gasteiger charge is -2.28. The zero-order valence-electron chi connectivity index (χ0n) is 12.0. The SMILES string of the molecule is CCC(CC)(CNCCC1CCCCC1)C(=O)O. The van der Waals surface area contributed by atoms with Gasteiger partial charge in [0.1, 0.15) is 0 Å². The van der Waals surface area contributed by atoms with Crippen molar-refractivity contribution in [1.82, 2.24) is 5.32 Å². The fraction of sp³-hybridized carbons (Fsp3) is 0.933. The van der Waals surface area contributed by atoms with Crippen LogP contribution in [0.2, 0.25) is 0 Å². The predicted octanol–water partition coefficient (Wildman–Crippen LogP) is 3.44. The molecule has 0 heterocycles. The Hall–Kier alpha value is -0.570. The third-order valence-corrected chi connectivity index (χ3v) is 4.72. The van der Waals surface area contributed by atoms with E-state index in [2.05, 4.69) is 5.32 Å². The van der Waals surface area contributed by atoms with Crippen LogP contribution < -0.4 is 5.32 Å². The fourth-order valence-electron chi connectivity index (χ4n) is 2.99. The summed E-state index contributed by atoms with van der Waals surface area (Å²) in [4.78, 5) is 11.3. The number of carboxylic acid groups (broad SMARTS) is 1. The van der Waals surface area contributed by atoms with E-state index >= 15 is 0 Å². The molecule has 0 aromatic rings. The number of hydrogen-bond acceptors (Lipinski definition) is 2. The van der Waals surface area contributed by atoms with Crippen molar-refractivity contribution in [2.24, 2.45) is 11.3 Å². The minimum Gasteiger partial charge on any atom is -0.481 e. The molecule has 0 spiro atoms. The molecule has 1 saturated carbocycles. The van der Waals surface area contributed by atoms with Crippen LogP contribution in [0.3, 0.4) is 0 Å². The van der Waals surface area contributed by atoms with Crippen LogP contribution in [0, 0.1) is 11.3 Å². The zero-order chi connectivity index (χ0) is 13.4. The van der Waals surface area contributed by atoms with Crippen molar-refractivity contribution in [2.45, 2.75) is 65.2 Å². The van der Waals surface area contributed by atoms with E-state index in [4.69, 9.17) is 0 Å². The first kappa shape index (κ1) is 15.5. The Morgan fingerprint density at radius 2 is 1.83 bits per heavy atom. The van der Waals surface area contributed by atoms with E-state index in [1.807, 2.05) is 13.8 Å². The number of aliphatic carboxylic acids is 1. The Morgan fingerprint density at radius 3 is 2.33 bits per heavy atom. The van der Waals surface area contributed by atoms with E-state index in [0.717, 1.165) is 12.5 Å². The molecule has 0 amide bonds. The Labute approximate surface area is 111 Å². The van der Waals surface area contributed by atoms with Crippen LogP contribution in [0.4, 0.5) is 0 Å². The van der Waals surface area contributed by atoms with Gasteiger partial charge in [0.2, 0.25) is 0 Å². The lowest BCUT2D eigenvalue weighted by atomic mass is 9.82. The van der Waals surface area contributed by atoms with Crippen LogP contribution in [-0.2, 0) is 4.79 Å². The molecule has 0 radical (unpaired) electrons. The second-order valence-electron chi connectivity index (χ2n) is 5.76. The summed E-state index contributed by atoms with van der Waals surface area (Å²) in [6.07, 6.45) is 9.52. The van der Waals surface area contributed by atoms with E-state index in [1.165, 1.54) is 38.5 Å². The number of carboxylic acids is 1. The van der Waals surface area contributed by atoms with Crippen LogP contribution in [-0.4, -0.2) is 24.2 Å². The summed E-state index contributed by atoms with van der Waals surface area (Å²) in [6, 6.07) is 0. The molecular formula is C15H29NO2. The quantitative estimate of drug-likeness (QED) is 0.653. The van der Waals surface area contributed by atoms with Crippen molar-refractivity contribution >= 4 is 5.97 Å². The highest BCUT2D eigenvalue weighted by Crippen LogP contribution is 2.27. The summed E-state index contributed by atoms with van der Waals surface area (Å²) >= 11 is 0. The van der Waals surface area contributed by atoms with Gasteiger partial charge in [-0.05, 0) is 31.7 Å². The Bertz CT molecular complexity index is 243. The van der Waals surface area contributed by atoms with Gasteiger partial charge in [-0.25, -0.2) is 0 Å². The summed E-state index contributed by atoms with van der Waals surface area (Å²) in [7, 11) is 0. The van der Waals surface area contributed by atoms with Crippen molar-refractivity contribution in [3.05, 3.63) is 0 Å². The first-order valence-corrected chi connectivity index (χ1v) is 7.58. The molecule has 0 aliphatic heterocycles. The van der Waals surface area contributed by atoms with E-state index in [-0.39, 0.29) is 0 Å². The fourth-order valence-corrected chi connectivity index (χ4v) is 2.99. The van der Waals surface area contributed by atoms with Gasteiger partial charge >= 0.3 is 5.97 Å². The molecule has 0 saturated heterocycles. The minimum atomic E-state index is -0.655. The maximum Gasteiger partial charge on any atom is 0.310 e. The zero-order valence-corrected chi connectivity index (χ0v) is 12.0. The average Bonchev–Trinajstić information content (AvgIpc) is 2.40. The molecule has 1 fully saturated rings. The van der Waals surface area contributed by atoms with Crippen LogP contribution >= 0.6 is 0 Å². The maximum atomic E-state index is 11.3. The number of rotatable bonds is 8. The highest BCUT2D eigenvalue weighted by atomic mass is 16.4. The van der Waals surface area contributed by atoms with Gasteiger partial charge < -0.3 is 10.4 Å². The smallest absolute Gasteiger partial charge is 0.310 e. The minimum absolute atomic E-state index is 0.563. The summed E-state index contributed by atoms with van der Waals surface area (Å²) in [5, 5.41) is 12.7. The summed E-state index contributed by atoms with van der Waals surface area (Å²) in [6.45, 7) is 5.53. The molecule has 1 aliphatic rings. The highest BCUT2D eigenvalue weighted by Gasteiger charge is 2.34. The molecule has 0 bridgehead atoms. The second kappa shape index (κ2) is 7.78. The van der Waals surface area contributed by atoms with Crippen LogP contribution in [0.25, 0.3) is 0 Å². The lowest BCUT2D eigenvalue weighted by molar-refractivity contribution is -0.149. The van der Waals surface area contributed by atoms with Gasteiger partial charge in [0.15, 0.2) is 0 Å². The first-order chi connectivity index (χ1) is 8.64. The van der Waals surface area contributed by atoms with Gasteiger partial charge in [0.05, 0.1) is 5.41 Å². The number of nitrogens with one attached hydrogen (secondary N) is 1. The van der Waals surface area contributed by atoms with E-state index < -0.39 is 11.4 Å². The largest absolute Gasteiger partial charge is 0.481 e. The average molecular weight is 255 g/mol. The first-order valence-electron chi connectivity index (χ1n) is 7.58. The van der Waals surface area contributed by atoms with Gasteiger partial charge in [0, 0.05) is 6.54 Å². The van der Waals surface area contributed by atoms with Crippen LogP contribution in [0.15, 0.2) is 0 Å². The molecule has 18 heavy (non-hydrogen) atoms. The van der Waals surface area contributed by atoms with E-state index in [1.54, 1.807) is 0 Å². The third-order valence-electron chi connectivity index (χ3n) is 4.72. The molecule has 0 aromatic carbocycles. The second-order valence-corrected chi connectivity index (χ2v) is 5.76. The van der Waals surface area contributed by atoms with Crippen LogP contribution in [0.1, 0.15) is 65.2 Å². The molecule has 106 valence electrons. The third kappa shape index (κ3) is 4.27. The van der Waals surface area contributed by atoms with Gasteiger partial charge in [-0.2, -0.15) is 0 Å². The molecule has 0 unspecified atom stereocenters. The molecule has 0 aromatic heterocycles. The van der Waals surface area contributed by atoms with E-state index in [9.17, 15) is 9.90 Å².